The molecule has 0 spiro atoms. The zero-order chi connectivity index (χ0) is 28.6. The van der Waals surface area contributed by atoms with Crippen LogP contribution in [0.15, 0.2) is 48.5 Å². The molecule has 0 aliphatic heterocycles. The van der Waals surface area contributed by atoms with Crippen LogP contribution in [0.3, 0.4) is 0 Å². The molecule has 1 saturated carbocycles. The predicted octanol–water partition coefficient (Wildman–Crippen LogP) is 6.18. The fourth-order valence-corrected chi connectivity index (χ4v) is 5.04. The summed E-state index contributed by atoms with van der Waals surface area (Å²) in [6.45, 7) is 3.27. The monoisotopic (exact) mass is 565 g/mol. The number of aryl methyl sites for hydroxylation is 1. The van der Waals surface area contributed by atoms with Crippen LogP contribution in [0.5, 0.6) is 11.5 Å². The molecule has 1 amide bonds. The SMILES string of the molecule is Cc1cc(O)ccc1-c1ccc(C(=O)NOC(=O)C2CCCCC2)nc1-c1ccc(Cl)c(OCCCN(C)C)c1. The summed E-state index contributed by atoms with van der Waals surface area (Å²) in [5, 5.41) is 10.4. The van der Waals surface area contributed by atoms with Crippen LogP contribution in [0.4, 0.5) is 0 Å². The first-order chi connectivity index (χ1) is 19.2. The number of pyridine rings is 1. The Balaban J connectivity index is 1.64. The molecule has 0 bridgehead atoms. The van der Waals surface area contributed by atoms with Gasteiger partial charge in [-0.05, 0) is 87.8 Å². The molecule has 1 aromatic heterocycles. The zero-order valence-electron chi connectivity index (χ0n) is 23.2. The number of hydrogen-bond donors (Lipinski definition) is 2. The fraction of sp³-hybridized carbons (Fsp3) is 0.387. The van der Waals surface area contributed by atoms with Crippen LogP contribution in [0, 0.1) is 12.8 Å². The van der Waals surface area contributed by atoms with Gasteiger partial charge in [0, 0.05) is 17.7 Å². The van der Waals surface area contributed by atoms with E-state index in [4.69, 9.17) is 26.2 Å². The van der Waals surface area contributed by atoms with Crippen molar-refractivity contribution < 1.29 is 24.3 Å². The summed E-state index contributed by atoms with van der Waals surface area (Å²) < 4.78 is 5.98. The average molecular weight is 566 g/mol. The van der Waals surface area contributed by atoms with Crippen LogP contribution in [0.25, 0.3) is 22.4 Å². The third kappa shape index (κ3) is 7.52. The Morgan fingerprint density at radius 2 is 1.80 bits per heavy atom. The largest absolute Gasteiger partial charge is 0.508 e. The lowest BCUT2D eigenvalue weighted by molar-refractivity contribution is -0.155. The van der Waals surface area contributed by atoms with Crippen LogP contribution in [0.1, 0.15) is 54.6 Å². The van der Waals surface area contributed by atoms with Crippen LogP contribution >= 0.6 is 11.6 Å². The number of benzene rings is 2. The molecule has 212 valence electrons. The minimum atomic E-state index is -0.617. The molecule has 0 saturated heterocycles. The standard InChI is InChI=1S/C31H36ClN3O5/c1-20-18-23(36)11-12-24(20)25-13-15-27(30(37)34-40-31(38)21-8-5-4-6-9-21)33-29(25)22-10-14-26(32)28(19-22)39-17-7-16-35(2)3/h10-15,18-19,21,36H,4-9,16-17H2,1-3H3,(H,34,37). The van der Waals surface area contributed by atoms with E-state index in [1.807, 2.05) is 39.2 Å². The van der Waals surface area contributed by atoms with Crippen LogP contribution in [-0.2, 0) is 9.63 Å². The van der Waals surface area contributed by atoms with Gasteiger partial charge >= 0.3 is 11.9 Å². The Labute approximate surface area is 240 Å². The first kappa shape index (κ1) is 29.4. The van der Waals surface area contributed by atoms with E-state index < -0.39 is 11.9 Å². The van der Waals surface area contributed by atoms with Crippen molar-refractivity contribution in [3.05, 3.63) is 64.8 Å². The number of rotatable bonds is 9. The number of ether oxygens (including phenoxy) is 1. The molecule has 0 unspecified atom stereocenters. The zero-order valence-corrected chi connectivity index (χ0v) is 24.0. The van der Waals surface area contributed by atoms with E-state index in [0.717, 1.165) is 61.8 Å². The van der Waals surface area contributed by atoms with E-state index in [0.29, 0.717) is 28.6 Å². The number of aromatic hydroxyl groups is 1. The smallest absolute Gasteiger partial charge is 0.335 e. The molecular formula is C31H36ClN3O5. The molecule has 1 aliphatic carbocycles. The Morgan fingerprint density at radius 3 is 2.52 bits per heavy atom. The lowest BCUT2D eigenvalue weighted by atomic mass is 9.89. The summed E-state index contributed by atoms with van der Waals surface area (Å²) in [6, 6.07) is 13.8. The third-order valence-corrected chi connectivity index (χ3v) is 7.33. The maximum absolute atomic E-state index is 13.0. The number of carbonyl (C=O) groups excluding carboxylic acids is 2. The molecule has 1 heterocycles. The van der Waals surface area contributed by atoms with Gasteiger partial charge in [0.15, 0.2) is 0 Å². The van der Waals surface area contributed by atoms with Crippen molar-refractivity contribution in [3.8, 4) is 33.9 Å². The van der Waals surface area contributed by atoms with Crippen molar-refractivity contribution in [2.45, 2.75) is 45.4 Å². The molecule has 4 rings (SSSR count). The van der Waals surface area contributed by atoms with Crippen molar-refractivity contribution in [2.75, 3.05) is 27.2 Å². The van der Waals surface area contributed by atoms with Gasteiger partial charge in [-0.2, -0.15) is 5.48 Å². The van der Waals surface area contributed by atoms with Crippen molar-refractivity contribution in [2.24, 2.45) is 5.92 Å². The maximum atomic E-state index is 13.0. The Hall–Kier alpha value is -3.62. The second-order valence-electron chi connectivity index (χ2n) is 10.4. The molecule has 9 heteroatoms. The summed E-state index contributed by atoms with van der Waals surface area (Å²) >= 11 is 6.45. The number of phenols is 1. The number of hydrogen-bond acceptors (Lipinski definition) is 7. The average Bonchev–Trinajstić information content (AvgIpc) is 2.95. The van der Waals surface area contributed by atoms with Gasteiger partial charge in [0.2, 0.25) is 0 Å². The Morgan fingerprint density at radius 1 is 1.05 bits per heavy atom. The predicted molar refractivity (Wildman–Crippen MR) is 155 cm³/mol. The first-order valence-corrected chi connectivity index (χ1v) is 14.0. The van der Waals surface area contributed by atoms with Gasteiger partial charge in [0.1, 0.15) is 17.2 Å². The fourth-order valence-electron chi connectivity index (χ4n) is 4.87. The molecule has 40 heavy (non-hydrogen) atoms. The minimum absolute atomic E-state index is 0.0926. The van der Waals surface area contributed by atoms with E-state index in [1.165, 1.54) is 0 Å². The van der Waals surface area contributed by atoms with Crippen LogP contribution in [-0.4, -0.2) is 54.1 Å². The highest BCUT2D eigenvalue weighted by Crippen LogP contribution is 2.37. The van der Waals surface area contributed by atoms with Gasteiger partial charge in [-0.1, -0.05) is 43.0 Å². The molecular weight excluding hydrogens is 530 g/mol. The highest BCUT2D eigenvalue weighted by molar-refractivity contribution is 6.32. The quantitative estimate of drug-likeness (QED) is 0.236. The summed E-state index contributed by atoms with van der Waals surface area (Å²) in [7, 11) is 4.01. The number of aromatic nitrogens is 1. The Kier molecular flexibility index (Phi) is 10.0. The normalized spacial score (nSPS) is 13.7. The number of nitrogens with zero attached hydrogens (tertiary/aromatic N) is 2. The van der Waals surface area contributed by atoms with Gasteiger partial charge in [-0.3, -0.25) is 4.79 Å². The van der Waals surface area contributed by atoms with Gasteiger partial charge in [-0.15, -0.1) is 0 Å². The summed E-state index contributed by atoms with van der Waals surface area (Å²) in [5.41, 5.74) is 6.04. The maximum Gasteiger partial charge on any atom is 0.335 e. The number of amides is 1. The summed E-state index contributed by atoms with van der Waals surface area (Å²) in [5.74, 6) is -0.551. The van der Waals surface area contributed by atoms with E-state index >= 15 is 0 Å². The van der Waals surface area contributed by atoms with Gasteiger partial charge in [-0.25, -0.2) is 9.78 Å². The lowest BCUT2D eigenvalue weighted by Crippen LogP contribution is -2.31. The molecule has 0 radical (unpaired) electrons. The van der Waals surface area contributed by atoms with Gasteiger partial charge in [0.05, 0.1) is 23.2 Å². The van der Waals surface area contributed by atoms with E-state index in [2.05, 4.69) is 10.4 Å². The highest BCUT2D eigenvalue weighted by atomic mass is 35.5. The summed E-state index contributed by atoms with van der Waals surface area (Å²) in [6.07, 6.45) is 5.46. The highest BCUT2D eigenvalue weighted by Gasteiger charge is 2.24. The van der Waals surface area contributed by atoms with Crippen molar-refractivity contribution in [1.82, 2.24) is 15.4 Å². The number of nitrogens with one attached hydrogen (secondary N) is 1. The third-order valence-electron chi connectivity index (χ3n) is 7.02. The van der Waals surface area contributed by atoms with Crippen LogP contribution in [0.2, 0.25) is 5.02 Å². The van der Waals surface area contributed by atoms with Crippen molar-refractivity contribution in [3.63, 3.8) is 0 Å². The topological polar surface area (TPSA) is 101 Å². The van der Waals surface area contributed by atoms with Crippen molar-refractivity contribution in [1.29, 1.82) is 0 Å². The van der Waals surface area contributed by atoms with Gasteiger partial charge < -0.3 is 19.6 Å². The van der Waals surface area contributed by atoms with Crippen molar-refractivity contribution >= 4 is 23.5 Å². The molecule has 1 fully saturated rings. The molecule has 8 nitrogen and oxygen atoms in total. The molecule has 2 aromatic carbocycles. The van der Waals surface area contributed by atoms with E-state index in [1.54, 1.807) is 30.3 Å². The number of phenolic OH excluding ortho intramolecular Hbond substituents is 1. The molecule has 3 aromatic rings. The van der Waals surface area contributed by atoms with Gasteiger partial charge in [0.25, 0.3) is 0 Å². The minimum Gasteiger partial charge on any atom is -0.508 e. The molecule has 0 atom stereocenters. The van der Waals surface area contributed by atoms with Crippen LogP contribution < -0.4 is 10.2 Å². The summed E-state index contributed by atoms with van der Waals surface area (Å²) in [4.78, 5) is 37.4. The first-order valence-electron chi connectivity index (χ1n) is 13.6. The second-order valence-corrected chi connectivity index (χ2v) is 10.8. The number of halogens is 1. The number of hydroxylamine groups is 1. The van der Waals surface area contributed by atoms with E-state index in [9.17, 15) is 14.7 Å². The lowest BCUT2D eigenvalue weighted by Gasteiger charge is -2.19. The van der Waals surface area contributed by atoms with E-state index in [-0.39, 0.29) is 17.4 Å². The second kappa shape index (κ2) is 13.6. The molecule has 1 aliphatic rings. The molecule has 2 N–H and O–H groups in total. The Bertz CT molecular complexity index is 1350. The number of carbonyl (C=O) groups is 2.